The Morgan fingerprint density at radius 1 is 1.04 bits per heavy atom. The molecule has 1 unspecified atom stereocenters. The maximum absolute atomic E-state index is 5.57. The highest BCUT2D eigenvalue weighted by Crippen LogP contribution is 2.36. The quantitative estimate of drug-likeness (QED) is 0.667. The van der Waals surface area contributed by atoms with E-state index in [0.29, 0.717) is 18.1 Å². The van der Waals surface area contributed by atoms with Crippen LogP contribution in [-0.4, -0.2) is 54.7 Å². The molecule has 1 aromatic carbocycles. The lowest BCUT2D eigenvalue weighted by Gasteiger charge is -2.49. The van der Waals surface area contributed by atoms with E-state index in [2.05, 4.69) is 68.7 Å². The number of nitrogens with zero attached hydrogens (tertiary/aromatic N) is 2. The van der Waals surface area contributed by atoms with Crippen molar-refractivity contribution in [2.24, 2.45) is 5.92 Å². The van der Waals surface area contributed by atoms with Crippen LogP contribution >= 0.6 is 0 Å². The Bertz CT molecular complexity index is 613. The second-order valence-corrected chi connectivity index (χ2v) is 10.3. The van der Waals surface area contributed by atoms with E-state index < -0.39 is 0 Å². The van der Waals surface area contributed by atoms with Gasteiger partial charge >= 0.3 is 0 Å². The van der Waals surface area contributed by atoms with Gasteiger partial charge in [0, 0.05) is 44.9 Å². The van der Waals surface area contributed by atoms with E-state index in [4.69, 9.17) is 4.74 Å². The van der Waals surface area contributed by atoms with Crippen LogP contribution in [0.4, 0.5) is 0 Å². The minimum atomic E-state index is 0.192. The van der Waals surface area contributed by atoms with Crippen LogP contribution in [0.25, 0.3) is 0 Å². The third-order valence-corrected chi connectivity index (χ3v) is 6.95. The van der Waals surface area contributed by atoms with Gasteiger partial charge in [-0.15, -0.1) is 0 Å². The molecule has 1 saturated heterocycles. The van der Waals surface area contributed by atoms with Crippen LogP contribution in [0.1, 0.15) is 83.4 Å². The lowest BCUT2D eigenvalue weighted by molar-refractivity contribution is -0.00434. The maximum atomic E-state index is 5.57. The number of hydrogen-bond donors (Lipinski definition) is 0. The molecule has 3 nitrogen and oxygen atoms in total. The number of rotatable bonds is 5. The first-order valence-electron chi connectivity index (χ1n) is 11.4. The first-order chi connectivity index (χ1) is 13.3. The number of hydrogen-bond acceptors (Lipinski definition) is 3. The highest BCUT2D eigenvalue weighted by Gasteiger charge is 2.36. The summed E-state index contributed by atoms with van der Waals surface area (Å²) in [5.74, 6) is 1.41. The minimum Gasteiger partial charge on any atom is -0.381 e. The number of benzene rings is 1. The van der Waals surface area contributed by atoms with Gasteiger partial charge in [-0.05, 0) is 69.4 Å². The van der Waals surface area contributed by atoms with Crippen LogP contribution in [0.15, 0.2) is 24.3 Å². The summed E-state index contributed by atoms with van der Waals surface area (Å²) in [5, 5.41) is 0. The molecule has 158 valence electrons. The van der Waals surface area contributed by atoms with E-state index in [1.165, 1.54) is 44.3 Å². The molecule has 0 aromatic heterocycles. The molecular weight excluding hydrogens is 344 g/mol. The van der Waals surface area contributed by atoms with Crippen molar-refractivity contribution in [3.05, 3.63) is 35.4 Å². The SMILES string of the molecule is COC1CCC(CN2CCN(C(C)(C)C)C(c3ccccc3C(C)C)C2)CC1. The lowest BCUT2D eigenvalue weighted by Crippen LogP contribution is -2.56. The number of piperazine rings is 1. The standard InChI is InChI=1S/C25H42N2O/c1-19(2)22-9-7-8-10-23(22)24-18-26(15-16-27(24)25(3,4)5)17-20-11-13-21(28-6)14-12-20/h7-10,19-21,24H,11-18H2,1-6H3. The second-order valence-electron chi connectivity index (χ2n) is 10.3. The van der Waals surface area contributed by atoms with Crippen LogP contribution in [-0.2, 0) is 4.74 Å². The van der Waals surface area contributed by atoms with Crippen molar-refractivity contribution in [3.8, 4) is 0 Å². The molecule has 3 rings (SSSR count). The molecule has 3 heteroatoms. The Labute approximate surface area is 173 Å². The first kappa shape index (κ1) is 21.8. The Hall–Kier alpha value is -0.900. The van der Waals surface area contributed by atoms with Gasteiger partial charge in [0.1, 0.15) is 0 Å². The summed E-state index contributed by atoms with van der Waals surface area (Å²) in [6, 6.07) is 9.64. The fourth-order valence-corrected chi connectivity index (χ4v) is 5.33. The zero-order valence-corrected chi connectivity index (χ0v) is 19.1. The molecule has 0 spiro atoms. The molecule has 2 aliphatic rings. The molecule has 28 heavy (non-hydrogen) atoms. The molecule has 2 fully saturated rings. The highest BCUT2D eigenvalue weighted by atomic mass is 16.5. The van der Waals surface area contributed by atoms with Gasteiger partial charge in [-0.1, -0.05) is 38.1 Å². The van der Waals surface area contributed by atoms with Gasteiger partial charge in [-0.2, -0.15) is 0 Å². The minimum absolute atomic E-state index is 0.192. The van der Waals surface area contributed by atoms with Gasteiger partial charge in [0.15, 0.2) is 0 Å². The largest absolute Gasteiger partial charge is 0.381 e. The summed E-state index contributed by atoms with van der Waals surface area (Å²) in [6.45, 7) is 16.6. The normalized spacial score (nSPS) is 28.0. The Balaban J connectivity index is 1.75. The maximum Gasteiger partial charge on any atom is 0.0571 e. The Morgan fingerprint density at radius 3 is 2.32 bits per heavy atom. The molecule has 1 atom stereocenters. The third-order valence-electron chi connectivity index (χ3n) is 6.95. The van der Waals surface area contributed by atoms with Crippen molar-refractivity contribution in [2.75, 3.05) is 33.3 Å². The molecule has 0 N–H and O–H groups in total. The van der Waals surface area contributed by atoms with Crippen molar-refractivity contribution in [1.29, 1.82) is 0 Å². The Morgan fingerprint density at radius 2 is 1.71 bits per heavy atom. The van der Waals surface area contributed by atoms with E-state index in [1.807, 2.05) is 7.11 Å². The van der Waals surface area contributed by atoms with Gasteiger partial charge in [0.25, 0.3) is 0 Å². The van der Waals surface area contributed by atoms with Crippen LogP contribution in [0, 0.1) is 5.92 Å². The monoisotopic (exact) mass is 386 g/mol. The summed E-state index contributed by atoms with van der Waals surface area (Å²) in [7, 11) is 1.87. The second kappa shape index (κ2) is 9.28. The summed E-state index contributed by atoms with van der Waals surface area (Å²) in [4.78, 5) is 5.49. The zero-order valence-electron chi connectivity index (χ0n) is 19.1. The van der Waals surface area contributed by atoms with Crippen LogP contribution < -0.4 is 0 Å². The molecular formula is C25H42N2O. The van der Waals surface area contributed by atoms with Gasteiger partial charge in [-0.3, -0.25) is 9.80 Å². The van der Waals surface area contributed by atoms with Crippen molar-refractivity contribution < 1.29 is 4.74 Å². The average Bonchev–Trinajstić information content (AvgIpc) is 2.67. The Kier molecular flexibility index (Phi) is 7.22. The van der Waals surface area contributed by atoms with Gasteiger partial charge in [0.05, 0.1) is 6.10 Å². The average molecular weight is 387 g/mol. The van der Waals surface area contributed by atoms with E-state index >= 15 is 0 Å². The van der Waals surface area contributed by atoms with Crippen LogP contribution in [0.3, 0.4) is 0 Å². The van der Waals surface area contributed by atoms with Crippen LogP contribution in [0.5, 0.6) is 0 Å². The van der Waals surface area contributed by atoms with Crippen molar-refractivity contribution in [1.82, 2.24) is 9.80 Å². The molecule has 0 bridgehead atoms. The molecule has 1 heterocycles. The van der Waals surface area contributed by atoms with E-state index in [1.54, 1.807) is 5.56 Å². The predicted octanol–water partition coefficient (Wildman–Crippen LogP) is 5.47. The van der Waals surface area contributed by atoms with Gasteiger partial charge in [0.2, 0.25) is 0 Å². The summed E-state index contributed by atoms with van der Waals surface area (Å²) in [5.41, 5.74) is 3.25. The molecule has 1 aromatic rings. The topological polar surface area (TPSA) is 15.7 Å². The molecule has 0 radical (unpaired) electrons. The van der Waals surface area contributed by atoms with Gasteiger partial charge < -0.3 is 4.74 Å². The van der Waals surface area contributed by atoms with Gasteiger partial charge in [-0.25, -0.2) is 0 Å². The smallest absolute Gasteiger partial charge is 0.0571 e. The highest BCUT2D eigenvalue weighted by molar-refractivity contribution is 5.33. The molecule has 1 saturated carbocycles. The summed E-state index contributed by atoms with van der Waals surface area (Å²) < 4.78 is 5.57. The van der Waals surface area contributed by atoms with Crippen molar-refractivity contribution in [2.45, 2.75) is 83.9 Å². The number of ether oxygens (including phenoxy) is 1. The summed E-state index contributed by atoms with van der Waals surface area (Å²) >= 11 is 0. The fourth-order valence-electron chi connectivity index (χ4n) is 5.33. The third kappa shape index (κ3) is 5.17. The lowest BCUT2D eigenvalue weighted by atomic mass is 9.85. The fraction of sp³-hybridized carbons (Fsp3) is 0.760. The molecule has 0 amide bonds. The van der Waals surface area contributed by atoms with Crippen LogP contribution in [0.2, 0.25) is 0 Å². The van der Waals surface area contributed by atoms with Crippen molar-refractivity contribution in [3.63, 3.8) is 0 Å². The molecule has 1 aliphatic carbocycles. The van der Waals surface area contributed by atoms with E-state index in [-0.39, 0.29) is 5.54 Å². The molecule has 1 aliphatic heterocycles. The van der Waals surface area contributed by atoms with Crippen molar-refractivity contribution >= 4 is 0 Å². The summed E-state index contributed by atoms with van der Waals surface area (Å²) in [6.07, 6.45) is 5.63. The predicted molar refractivity (Wildman–Crippen MR) is 119 cm³/mol. The van der Waals surface area contributed by atoms with E-state index in [0.717, 1.165) is 19.0 Å². The van der Waals surface area contributed by atoms with E-state index in [9.17, 15) is 0 Å². The zero-order chi connectivity index (χ0) is 20.3. The number of methoxy groups -OCH3 is 1. The first-order valence-corrected chi connectivity index (χ1v) is 11.4.